The molecule has 0 aliphatic rings. The number of benzene rings is 1. The molecule has 0 aliphatic heterocycles. The Morgan fingerprint density at radius 3 is 2.33 bits per heavy atom. The van der Waals surface area contributed by atoms with Crippen LogP contribution < -0.4 is 17.0 Å². The van der Waals surface area contributed by atoms with Gasteiger partial charge in [-0.25, -0.2) is 0 Å². The van der Waals surface area contributed by atoms with Crippen LogP contribution in [0.4, 0.5) is 0 Å². The normalized spacial score (nSPS) is 11.9. The minimum atomic E-state index is 0. The van der Waals surface area contributed by atoms with E-state index in [9.17, 15) is 0 Å². The molecule has 0 fully saturated rings. The van der Waals surface area contributed by atoms with Crippen LogP contribution in [0.25, 0.3) is 0 Å². The van der Waals surface area contributed by atoms with Gasteiger partial charge in [0, 0.05) is 0 Å². The molecule has 0 saturated heterocycles. The van der Waals surface area contributed by atoms with Gasteiger partial charge in [0.15, 0.2) is 0 Å². The van der Waals surface area contributed by atoms with Gasteiger partial charge in [-0.15, -0.1) is 0 Å². The Labute approximate surface area is 98.0 Å². The SMILES string of the molecule is C[CH]([Mg+])CCc1ccccc1.[Br-]. The van der Waals surface area contributed by atoms with Crippen molar-refractivity contribution in [2.75, 3.05) is 0 Å². The first-order valence-corrected chi connectivity index (χ1v) is 4.97. The maximum absolute atomic E-state index is 2.28. The summed E-state index contributed by atoms with van der Waals surface area (Å²) in [5.41, 5.74) is 1.46. The molecule has 0 bridgehead atoms. The van der Waals surface area contributed by atoms with Crippen LogP contribution in [0.2, 0.25) is 4.05 Å². The molecular formula is C10H13BrMg. The van der Waals surface area contributed by atoms with Crippen LogP contribution >= 0.6 is 0 Å². The van der Waals surface area contributed by atoms with Crippen molar-refractivity contribution in [3.05, 3.63) is 35.9 Å². The summed E-state index contributed by atoms with van der Waals surface area (Å²) in [6, 6.07) is 10.7. The molecule has 1 rings (SSSR count). The van der Waals surface area contributed by atoms with Crippen LogP contribution in [-0.4, -0.2) is 21.7 Å². The van der Waals surface area contributed by atoms with E-state index in [0.717, 1.165) is 4.05 Å². The van der Waals surface area contributed by atoms with Crippen molar-refractivity contribution in [1.82, 2.24) is 0 Å². The second kappa shape index (κ2) is 6.93. The Hall–Kier alpha value is 0.466. The van der Waals surface area contributed by atoms with Crippen LogP contribution in [0.5, 0.6) is 0 Å². The molecule has 62 valence electrons. The Morgan fingerprint density at radius 1 is 1.25 bits per heavy atom. The van der Waals surface area contributed by atoms with Gasteiger partial charge < -0.3 is 17.0 Å². The summed E-state index contributed by atoms with van der Waals surface area (Å²) in [7, 11) is 0. The van der Waals surface area contributed by atoms with Crippen molar-refractivity contribution in [3.8, 4) is 0 Å². The Balaban J connectivity index is 0.00000121. The number of aryl methyl sites for hydroxylation is 1. The van der Waals surface area contributed by atoms with Gasteiger partial charge in [0.05, 0.1) is 0 Å². The summed E-state index contributed by atoms with van der Waals surface area (Å²) in [6.45, 7) is 2.28. The van der Waals surface area contributed by atoms with Crippen LogP contribution in [0, 0.1) is 0 Å². The van der Waals surface area contributed by atoms with Crippen molar-refractivity contribution in [1.29, 1.82) is 0 Å². The van der Waals surface area contributed by atoms with E-state index in [1.54, 1.807) is 0 Å². The van der Waals surface area contributed by atoms with E-state index in [2.05, 4.69) is 59.0 Å². The maximum Gasteiger partial charge on any atom is -1.00 e. The molecule has 1 unspecified atom stereocenters. The summed E-state index contributed by atoms with van der Waals surface area (Å²) in [4.78, 5) is 0. The summed E-state index contributed by atoms with van der Waals surface area (Å²) in [5.74, 6) is 0. The molecule has 0 saturated carbocycles. The average molecular weight is 237 g/mol. The molecule has 0 N–H and O–H groups in total. The first-order valence-electron chi connectivity index (χ1n) is 4.16. The third kappa shape index (κ3) is 5.17. The molecule has 2 heteroatoms. The predicted molar refractivity (Wildman–Crippen MR) is 49.9 cm³/mol. The largest absolute Gasteiger partial charge is 1.00 e. The van der Waals surface area contributed by atoms with E-state index in [0.29, 0.717) is 0 Å². The molecule has 0 radical (unpaired) electrons. The third-order valence-electron chi connectivity index (χ3n) is 1.77. The van der Waals surface area contributed by atoms with Crippen LogP contribution in [-0.2, 0) is 6.42 Å². The van der Waals surface area contributed by atoms with Crippen LogP contribution in [0.1, 0.15) is 18.9 Å². The Bertz CT molecular complexity index is 196. The van der Waals surface area contributed by atoms with Gasteiger partial charge >= 0.3 is 81.4 Å². The quantitative estimate of drug-likeness (QED) is 0.628. The van der Waals surface area contributed by atoms with E-state index >= 15 is 0 Å². The molecule has 0 spiro atoms. The zero-order valence-electron chi connectivity index (χ0n) is 7.46. The van der Waals surface area contributed by atoms with Crippen molar-refractivity contribution < 1.29 is 17.0 Å². The van der Waals surface area contributed by atoms with Crippen molar-refractivity contribution in [3.63, 3.8) is 0 Å². The molecule has 0 heterocycles. The molecule has 1 aromatic rings. The summed E-state index contributed by atoms with van der Waals surface area (Å²) >= 11 is 2.08. The smallest absolute Gasteiger partial charge is 1.00 e. The number of hydrogen-bond donors (Lipinski definition) is 0. The van der Waals surface area contributed by atoms with Gasteiger partial charge in [0.1, 0.15) is 0 Å². The Morgan fingerprint density at radius 2 is 1.83 bits per heavy atom. The maximum atomic E-state index is 2.28. The van der Waals surface area contributed by atoms with Crippen LogP contribution in [0.15, 0.2) is 30.3 Å². The molecule has 12 heavy (non-hydrogen) atoms. The van der Waals surface area contributed by atoms with Crippen molar-refractivity contribution >= 4 is 21.7 Å². The van der Waals surface area contributed by atoms with Crippen molar-refractivity contribution in [2.24, 2.45) is 0 Å². The minimum absolute atomic E-state index is 0. The first kappa shape index (κ1) is 12.5. The van der Waals surface area contributed by atoms with Gasteiger partial charge in [0.2, 0.25) is 0 Å². The Kier molecular flexibility index (Phi) is 7.20. The standard InChI is InChI=1S/C10H13.BrH.Mg/c1-2-3-7-10-8-5-4-6-9-10;;/h2,4-6,8-9H,3,7H2,1H3;1H;/q;;+1/p-1. The van der Waals surface area contributed by atoms with Gasteiger partial charge in [-0.3, -0.25) is 0 Å². The molecule has 0 aromatic heterocycles. The van der Waals surface area contributed by atoms with E-state index < -0.39 is 0 Å². The van der Waals surface area contributed by atoms with E-state index in [1.165, 1.54) is 18.4 Å². The fraction of sp³-hybridized carbons (Fsp3) is 0.400. The molecule has 0 nitrogen and oxygen atoms in total. The molecular weight excluding hydrogens is 224 g/mol. The molecule has 1 atom stereocenters. The summed E-state index contributed by atoms with van der Waals surface area (Å²) in [5, 5.41) is 0. The molecule has 0 aliphatic carbocycles. The van der Waals surface area contributed by atoms with Gasteiger partial charge in [-0.2, -0.15) is 0 Å². The fourth-order valence-corrected chi connectivity index (χ4v) is 1.26. The monoisotopic (exact) mass is 236 g/mol. The molecule has 0 amide bonds. The average Bonchev–Trinajstić information content (AvgIpc) is 2.03. The van der Waals surface area contributed by atoms with Crippen LogP contribution in [0.3, 0.4) is 0 Å². The fourth-order valence-electron chi connectivity index (χ4n) is 1.06. The van der Waals surface area contributed by atoms with Crippen molar-refractivity contribution in [2.45, 2.75) is 23.8 Å². The first-order chi connectivity index (χ1) is 5.29. The topological polar surface area (TPSA) is 0 Å². The van der Waals surface area contributed by atoms with Gasteiger partial charge in [-0.05, 0) is 0 Å². The summed E-state index contributed by atoms with van der Waals surface area (Å²) in [6.07, 6.45) is 2.54. The third-order valence-corrected chi connectivity index (χ3v) is 2.18. The van der Waals surface area contributed by atoms with E-state index in [1.807, 2.05) is 0 Å². The number of halogens is 1. The van der Waals surface area contributed by atoms with Gasteiger partial charge in [-0.1, -0.05) is 0 Å². The second-order valence-corrected chi connectivity index (χ2v) is 4.52. The molecule has 1 aromatic carbocycles. The number of rotatable bonds is 3. The van der Waals surface area contributed by atoms with Gasteiger partial charge in [0.25, 0.3) is 0 Å². The second-order valence-electron chi connectivity index (χ2n) is 3.13. The number of hydrogen-bond acceptors (Lipinski definition) is 0. The van der Waals surface area contributed by atoms with E-state index in [-0.39, 0.29) is 17.0 Å². The van der Waals surface area contributed by atoms with E-state index in [4.69, 9.17) is 0 Å². The zero-order valence-corrected chi connectivity index (χ0v) is 10.5. The minimum Gasteiger partial charge on any atom is -1.00 e. The summed E-state index contributed by atoms with van der Waals surface area (Å²) < 4.78 is 0.843. The zero-order chi connectivity index (χ0) is 8.10. The predicted octanol–water partition coefficient (Wildman–Crippen LogP) is -0.400.